The number of carbonyl (C=O) groups is 1. The van der Waals surface area contributed by atoms with Crippen molar-refractivity contribution in [2.24, 2.45) is 0 Å². The molecule has 0 aliphatic heterocycles. The average molecular weight is 776 g/mol. The topological polar surface area (TPSA) is 69.6 Å². The third kappa shape index (κ3) is 44.1. The predicted molar refractivity (Wildman–Crippen MR) is 244 cm³/mol. The van der Waals surface area contributed by atoms with Crippen LogP contribution in [0.5, 0.6) is 0 Å². The Labute approximate surface area is 346 Å². The largest absolute Gasteiger partial charge is 0.394 e. The Bertz CT molecular complexity index is 754. The van der Waals surface area contributed by atoms with Crippen molar-refractivity contribution in [2.75, 3.05) is 6.61 Å². The molecule has 0 aliphatic carbocycles. The number of nitrogens with one attached hydrogen (secondary N) is 1. The maximum Gasteiger partial charge on any atom is 0.220 e. The zero-order valence-electron chi connectivity index (χ0n) is 37.7. The molecule has 3 N–H and O–H groups in total. The molecular formula is C51H101NO3. The number of aliphatic hydroxyl groups is 2. The highest BCUT2D eigenvalue weighted by atomic mass is 16.3. The minimum atomic E-state index is -0.650. The highest BCUT2D eigenvalue weighted by Gasteiger charge is 2.19. The summed E-state index contributed by atoms with van der Waals surface area (Å²) < 4.78 is 0. The van der Waals surface area contributed by atoms with E-state index in [1.165, 1.54) is 231 Å². The maximum atomic E-state index is 12.2. The van der Waals surface area contributed by atoms with Gasteiger partial charge in [-0.2, -0.15) is 0 Å². The third-order valence-electron chi connectivity index (χ3n) is 12.0. The van der Waals surface area contributed by atoms with Crippen LogP contribution in [-0.2, 0) is 4.79 Å². The van der Waals surface area contributed by atoms with Crippen molar-refractivity contribution < 1.29 is 15.0 Å². The summed E-state index contributed by atoms with van der Waals surface area (Å²) in [5, 5.41) is 22.7. The van der Waals surface area contributed by atoms with Crippen molar-refractivity contribution in [3.63, 3.8) is 0 Å². The van der Waals surface area contributed by atoms with Crippen LogP contribution in [0.4, 0.5) is 0 Å². The van der Waals surface area contributed by atoms with Gasteiger partial charge in [0.15, 0.2) is 0 Å². The SMILES string of the molecule is CCCCCCCCCC/C=C\CCCCCCCCCCCCCCCCCCCCCCCCCCCCCC(=O)NC(CO)C(O)CCCCCC. The van der Waals surface area contributed by atoms with Gasteiger partial charge >= 0.3 is 0 Å². The Morgan fingerprint density at radius 3 is 1.00 bits per heavy atom. The Morgan fingerprint density at radius 1 is 0.418 bits per heavy atom. The molecule has 0 saturated carbocycles. The van der Waals surface area contributed by atoms with Crippen LogP contribution in [0.1, 0.15) is 290 Å². The molecule has 0 radical (unpaired) electrons. The number of hydrogen-bond donors (Lipinski definition) is 3. The van der Waals surface area contributed by atoms with E-state index in [0.29, 0.717) is 12.8 Å². The number of rotatable bonds is 47. The molecule has 0 aliphatic rings. The van der Waals surface area contributed by atoms with Gasteiger partial charge in [0.25, 0.3) is 0 Å². The molecule has 0 rings (SSSR count). The summed E-state index contributed by atoms with van der Waals surface area (Å²) >= 11 is 0. The minimum Gasteiger partial charge on any atom is -0.394 e. The fourth-order valence-corrected chi connectivity index (χ4v) is 8.12. The molecule has 0 spiro atoms. The van der Waals surface area contributed by atoms with Gasteiger partial charge in [-0.1, -0.05) is 257 Å². The van der Waals surface area contributed by atoms with Crippen LogP contribution in [-0.4, -0.2) is 34.9 Å². The van der Waals surface area contributed by atoms with Crippen molar-refractivity contribution in [3.8, 4) is 0 Å². The van der Waals surface area contributed by atoms with E-state index in [1.54, 1.807) is 0 Å². The van der Waals surface area contributed by atoms with Gasteiger partial charge in [0, 0.05) is 6.42 Å². The lowest BCUT2D eigenvalue weighted by atomic mass is 10.0. The van der Waals surface area contributed by atoms with Crippen LogP contribution in [0, 0.1) is 0 Å². The Hall–Kier alpha value is -0.870. The number of allylic oxidation sites excluding steroid dienone is 2. The zero-order chi connectivity index (χ0) is 40.0. The van der Waals surface area contributed by atoms with Crippen molar-refractivity contribution in [3.05, 3.63) is 12.2 Å². The van der Waals surface area contributed by atoms with Crippen molar-refractivity contribution in [1.29, 1.82) is 0 Å². The first-order valence-corrected chi connectivity index (χ1v) is 25.4. The second kappa shape index (κ2) is 47.5. The van der Waals surface area contributed by atoms with Crippen LogP contribution >= 0.6 is 0 Å². The van der Waals surface area contributed by atoms with E-state index in [-0.39, 0.29) is 12.5 Å². The fourth-order valence-electron chi connectivity index (χ4n) is 8.12. The molecule has 2 unspecified atom stereocenters. The lowest BCUT2D eigenvalue weighted by molar-refractivity contribution is -0.123. The Balaban J connectivity index is 3.24. The molecule has 1 amide bonds. The van der Waals surface area contributed by atoms with E-state index < -0.39 is 12.1 Å². The van der Waals surface area contributed by atoms with Gasteiger partial charge in [-0.15, -0.1) is 0 Å². The first-order valence-electron chi connectivity index (χ1n) is 25.4. The normalized spacial score (nSPS) is 12.9. The van der Waals surface area contributed by atoms with Crippen LogP contribution in [0.3, 0.4) is 0 Å². The fraction of sp³-hybridized carbons (Fsp3) is 0.941. The predicted octanol–water partition coefficient (Wildman–Crippen LogP) is 16.2. The summed E-state index contributed by atoms with van der Waals surface area (Å²) in [6.45, 7) is 4.27. The molecule has 4 heteroatoms. The molecular weight excluding hydrogens is 675 g/mol. The summed E-state index contributed by atoms with van der Waals surface area (Å²) in [5.41, 5.74) is 0. The molecule has 328 valence electrons. The number of amides is 1. The zero-order valence-corrected chi connectivity index (χ0v) is 37.7. The number of hydrogen-bond acceptors (Lipinski definition) is 3. The molecule has 0 bridgehead atoms. The Morgan fingerprint density at radius 2 is 0.691 bits per heavy atom. The lowest BCUT2D eigenvalue weighted by Crippen LogP contribution is -2.45. The highest BCUT2D eigenvalue weighted by molar-refractivity contribution is 5.76. The summed E-state index contributed by atoms with van der Waals surface area (Å²) in [6, 6.07) is -0.527. The van der Waals surface area contributed by atoms with Gasteiger partial charge in [0.05, 0.1) is 18.8 Å². The van der Waals surface area contributed by atoms with Crippen molar-refractivity contribution >= 4 is 5.91 Å². The van der Waals surface area contributed by atoms with Gasteiger partial charge in [0.2, 0.25) is 5.91 Å². The Kier molecular flexibility index (Phi) is 46.8. The van der Waals surface area contributed by atoms with E-state index in [0.717, 1.165) is 32.1 Å². The van der Waals surface area contributed by atoms with Crippen LogP contribution in [0.15, 0.2) is 12.2 Å². The minimum absolute atomic E-state index is 0.0351. The maximum absolute atomic E-state index is 12.2. The number of carbonyl (C=O) groups excluding carboxylic acids is 1. The van der Waals surface area contributed by atoms with Gasteiger partial charge in [-0.25, -0.2) is 0 Å². The summed E-state index contributed by atoms with van der Waals surface area (Å²) in [5.74, 6) is -0.0351. The monoisotopic (exact) mass is 776 g/mol. The lowest BCUT2D eigenvalue weighted by Gasteiger charge is -2.22. The summed E-state index contributed by atoms with van der Waals surface area (Å²) in [6.07, 6.45) is 61.2. The molecule has 0 heterocycles. The van der Waals surface area contributed by atoms with Gasteiger partial charge in [0.1, 0.15) is 0 Å². The standard InChI is InChI=1S/C51H101NO3/c1-3-5-7-9-10-11-12-13-14-15-16-17-18-19-20-21-22-23-24-25-26-27-28-29-30-31-32-33-34-35-36-37-38-39-40-41-42-43-45-47-51(55)52-49(48-53)50(54)46-44-8-6-4-2/h15-16,49-50,53-54H,3-14,17-48H2,1-2H3,(H,52,55)/b16-15-. The third-order valence-corrected chi connectivity index (χ3v) is 12.0. The molecule has 0 aromatic carbocycles. The van der Waals surface area contributed by atoms with Gasteiger partial charge in [-0.05, 0) is 38.5 Å². The van der Waals surface area contributed by atoms with E-state index >= 15 is 0 Å². The molecule has 0 saturated heterocycles. The van der Waals surface area contributed by atoms with Crippen LogP contribution in [0.2, 0.25) is 0 Å². The smallest absolute Gasteiger partial charge is 0.220 e. The van der Waals surface area contributed by atoms with Gasteiger partial charge in [-0.3, -0.25) is 4.79 Å². The molecule has 0 aromatic rings. The molecule has 0 aromatic heterocycles. The second-order valence-corrected chi connectivity index (χ2v) is 17.6. The quantitative estimate of drug-likeness (QED) is 0.0426. The van der Waals surface area contributed by atoms with E-state index in [1.807, 2.05) is 0 Å². The molecule has 0 fully saturated rings. The van der Waals surface area contributed by atoms with E-state index in [9.17, 15) is 15.0 Å². The molecule has 2 atom stereocenters. The number of unbranched alkanes of at least 4 members (excludes halogenated alkanes) is 38. The number of aliphatic hydroxyl groups excluding tert-OH is 2. The van der Waals surface area contributed by atoms with Crippen LogP contribution in [0.25, 0.3) is 0 Å². The molecule has 55 heavy (non-hydrogen) atoms. The molecule has 4 nitrogen and oxygen atoms in total. The first kappa shape index (κ1) is 54.1. The summed E-state index contributed by atoms with van der Waals surface area (Å²) in [4.78, 5) is 12.2. The first-order chi connectivity index (χ1) is 27.2. The average Bonchev–Trinajstić information content (AvgIpc) is 3.19. The highest BCUT2D eigenvalue weighted by Crippen LogP contribution is 2.17. The van der Waals surface area contributed by atoms with E-state index in [2.05, 4.69) is 31.3 Å². The van der Waals surface area contributed by atoms with Crippen molar-refractivity contribution in [2.45, 2.75) is 302 Å². The van der Waals surface area contributed by atoms with Crippen molar-refractivity contribution in [1.82, 2.24) is 5.32 Å². The second-order valence-electron chi connectivity index (χ2n) is 17.6. The van der Waals surface area contributed by atoms with Gasteiger partial charge < -0.3 is 15.5 Å². The van der Waals surface area contributed by atoms with E-state index in [4.69, 9.17) is 0 Å². The van der Waals surface area contributed by atoms with Crippen LogP contribution < -0.4 is 5.32 Å². The summed E-state index contributed by atoms with van der Waals surface area (Å²) in [7, 11) is 0.